The van der Waals surface area contributed by atoms with Crippen LogP contribution in [-0.2, 0) is 6.54 Å². The molecule has 1 aliphatic rings. The van der Waals surface area contributed by atoms with E-state index in [-0.39, 0.29) is 11.9 Å². The monoisotopic (exact) mass is 363 g/mol. The first kappa shape index (κ1) is 15.1. The van der Waals surface area contributed by atoms with Crippen LogP contribution in [0.1, 0.15) is 22.5 Å². The second kappa shape index (κ2) is 6.54. The van der Waals surface area contributed by atoms with Gasteiger partial charge in [-0.3, -0.25) is 4.79 Å². The maximum atomic E-state index is 12.2. The Bertz CT molecular complexity index is 654. The number of halogens is 1. The molecule has 1 unspecified atom stereocenters. The number of nitrogens with one attached hydrogen (secondary N) is 1. The van der Waals surface area contributed by atoms with Gasteiger partial charge in [0.1, 0.15) is 12.0 Å². The third-order valence-corrected chi connectivity index (χ3v) is 4.36. The smallest absolute Gasteiger partial charge is 0.254 e. The molecule has 0 radical (unpaired) electrons. The van der Waals surface area contributed by atoms with E-state index in [4.69, 9.17) is 10.2 Å². The molecule has 1 aromatic carbocycles. The molecule has 2 heterocycles. The number of carbonyl (C=O) groups excluding carboxylic acids is 1. The SMILES string of the molecule is NCc1cc(C(=O)NC2CCN(c3ccc(Br)cc3)C2)co1. The van der Waals surface area contributed by atoms with Gasteiger partial charge in [0, 0.05) is 29.3 Å². The Morgan fingerprint density at radius 3 is 2.86 bits per heavy atom. The number of hydrogen-bond donors (Lipinski definition) is 2. The third-order valence-electron chi connectivity index (χ3n) is 3.83. The molecule has 6 heteroatoms. The summed E-state index contributed by atoms with van der Waals surface area (Å²) in [4.78, 5) is 14.5. The van der Waals surface area contributed by atoms with Crippen molar-refractivity contribution < 1.29 is 9.21 Å². The first-order chi connectivity index (χ1) is 10.7. The largest absolute Gasteiger partial charge is 0.467 e. The molecule has 1 aromatic heterocycles. The zero-order chi connectivity index (χ0) is 15.5. The van der Waals surface area contributed by atoms with Crippen molar-refractivity contribution in [1.29, 1.82) is 0 Å². The molecular formula is C16H18BrN3O2. The van der Waals surface area contributed by atoms with Crippen LogP contribution in [0.5, 0.6) is 0 Å². The average Bonchev–Trinajstić information content (AvgIpc) is 3.17. The summed E-state index contributed by atoms with van der Waals surface area (Å²) in [6.07, 6.45) is 2.39. The Morgan fingerprint density at radius 2 is 2.18 bits per heavy atom. The minimum atomic E-state index is -0.105. The number of carbonyl (C=O) groups is 1. The van der Waals surface area contributed by atoms with Crippen molar-refractivity contribution in [2.45, 2.75) is 19.0 Å². The topological polar surface area (TPSA) is 71.5 Å². The van der Waals surface area contributed by atoms with Gasteiger partial charge in [-0.1, -0.05) is 15.9 Å². The number of nitrogens with zero attached hydrogens (tertiary/aromatic N) is 1. The van der Waals surface area contributed by atoms with E-state index in [1.54, 1.807) is 6.07 Å². The lowest BCUT2D eigenvalue weighted by atomic mass is 10.2. The second-order valence-electron chi connectivity index (χ2n) is 5.39. The Hall–Kier alpha value is -1.79. The molecule has 0 bridgehead atoms. The molecule has 0 spiro atoms. The van der Waals surface area contributed by atoms with Gasteiger partial charge >= 0.3 is 0 Å². The van der Waals surface area contributed by atoms with E-state index >= 15 is 0 Å². The highest BCUT2D eigenvalue weighted by atomic mass is 79.9. The zero-order valence-corrected chi connectivity index (χ0v) is 13.7. The van der Waals surface area contributed by atoms with E-state index in [1.807, 2.05) is 12.1 Å². The number of furan rings is 1. The summed E-state index contributed by atoms with van der Waals surface area (Å²) in [5.41, 5.74) is 7.19. The molecule has 1 amide bonds. The molecule has 3 rings (SSSR count). The second-order valence-corrected chi connectivity index (χ2v) is 6.30. The number of amides is 1. The molecule has 2 aromatic rings. The summed E-state index contributed by atoms with van der Waals surface area (Å²) < 4.78 is 6.27. The van der Waals surface area contributed by atoms with Crippen LogP contribution < -0.4 is 16.0 Å². The minimum absolute atomic E-state index is 0.105. The summed E-state index contributed by atoms with van der Waals surface area (Å²) in [5.74, 6) is 0.513. The Labute approximate surface area is 137 Å². The third kappa shape index (κ3) is 3.34. The lowest BCUT2D eigenvalue weighted by Gasteiger charge is -2.19. The van der Waals surface area contributed by atoms with E-state index in [2.05, 4.69) is 38.3 Å². The van der Waals surface area contributed by atoms with Crippen LogP contribution in [0.25, 0.3) is 0 Å². The molecule has 1 saturated heterocycles. The molecule has 5 nitrogen and oxygen atoms in total. The maximum absolute atomic E-state index is 12.2. The molecule has 0 aliphatic carbocycles. The van der Waals surface area contributed by atoms with Gasteiger partial charge in [-0.15, -0.1) is 0 Å². The molecule has 22 heavy (non-hydrogen) atoms. The fourth-order valence-electron chi connectivity index (χ4n) is 2.64. The van der Waals surface area contributed by atoms with Crippen LogP contribution in [0.3, 0.4) is 0 Å². The predicted octanol–water partition coefficient (Wildman–Crippen LogP) is 2.51. The molecule has 1 fully saturated rings. The van der Waals surface area contributed by atoms with Crippen LogP contribution in [0, 0.1) is 0 Å². The van der Waals surface area contributed by atoms with E-state index in [9.17, 15) is 4.79 Å². The van der Waals surface area contributed by atoms with Gasteiger partial charge in [0.15, 0.2) is 0 Å². The Morgan fingerprint density at radius 1 is 1.41 bits per heavy atom. The Kier molecular flexibility index (Phi) is 4.49. The lowest BCUT2D eigenvalue weighted by Crippen LogP contribution is -2.36. The van der Waals surface area contributed by atoms with Gasteiger partial charge in [0.25, 0.3) is 5.91 Å². The highest BCUT2D eigenvalue weighted by molar-refractivity contribution is 9.10. The van der Waals surface area contributed by atoms with Crippen molar-refractivity contribution in [3.8, 4) is 0 Å². The van der Waals surface area contributed by atoms with Crippen LogP contribution in [-0.4, -0.2) is 25.0 Å². The molecule has 1 aliphatic heterocycles. The van der Waals surface area contributed by atoms with Gasteiger partial charge in [-0.05, 0) is 36.8 Å². The van der Waals surface area contributed by atoms with Crippen molar-refractivity contribution >= 4 is 27.5 Å². The minimum Gasteiger partial charge on any atom is -0.467 e. The summed E-state index contributed by atoms with van der Waals surface area (Å²) in [7, 11) is 0. The number of anilines is 1. The molecule has 3 N–H and O–H groups in total. The standard InChI is InChI=1S/C16H18BrN3O2/c17-12-1-3-14(4-2-12)20-6-5-13(9-20)19-16(21)11-7-15(8-18)22-10-11/h1-4,7,10,13H,5-6,8-9,18H2,(H,19,21). The van der Waals surface area contributed by atoms with Crippen LogP contribution in [0.15, 0.2) is 45.5 Å². The zero-order valence-electron chi connectivity index (χ0n) is 12.1. The van der Waals surface area contributed by atoms with Crippen LogP contribution in [0.2, 0.25) is 0 Å². The van der Waals surface area contributed by atoms with Gasteiger partial charge in [0.2, 0.25) is 0 Å². The highest BCUT2D eigenvalue weighted by Gasteiger charge is 2.24. The van der Waals surface area contributed by atoms with Crippen molar-refractivity contribution in [1.82, 2.24) is 5.32 Å². The van der Waals surface area contributed by atoms with Crippen LogP contribution in [0.4, 0.5) is 5.69 Å². The van der Waals surface area contributed by atoms with Crippen molar-refractivity contribution in [2.75, 3.05) is 18.0 Å². The fraction of sp³-hybridized carbons (Fsp3) is 0.312. The van der Waals surface area contributed by atoms with E-state index in [0.29, 0.717) is 17.9 Å². The van der Waals surface area contributed by atoms with Gasteiger partial charge < -0.3 is 20.4 Å². The molecule has 116 valence electrons. The van der Waals surface area contributed by atoms with Crippen molar-refractivity contribution in [3.05, 3.63) is 52.4 Å². The Balaban J connectivity index is 1.58. The van der Waals surface area contributed by atoms with E-state index < -0.39 is 0 Å². The number of rotatable bonds is 4. The maximum Gasteiger partial charge on any atom is 0.254 e. The predicted molar refractivity (Wildman–Crippen MR) is 88.8 cm³/mol. The highest BCUT2D eigenvalue weighted by Crippen LogP contribution is 2.22. The van der Waals surface area contributed by atoms with Gasteiger partial charge in [0.05, 0.1) is 12.1 Å². The molecule has 0 saturated carbocycles. The van der Waals surface area contributed by atoms with E-state index in [0.717, 1.165) is 24.0 Å². The van der Waals surface area contributed by atoms with Gasteiger partial charge in [-0.25, -0.2) is 0 Å². The lowest BCUT2D eigenvalue weighted by molar-refractivity contribution is 0.0940. The van der Waals surface area contributed by atoms with Crippen LogP contribution >= 0.6 is 15.9 Å². The quantitative estimate of drug-likeness (QED) is 0.875. The number of hydrogen-bond acceptors (Lipinski definition) is 4. The summed E-state index contributed by atoms with van der Waals surface area (Å²) in [6.45, 7) is 2.05. The van der Waals surface area contributed by atoms with E-state index in [1.165, 1.54) is 12.0 Å². The molecular weight excluding hydrogens is 346 g/mol. The van der Waals surface area contributed by atoms with Crippen molar-refractivity contribution in [3.63, 3.8) is 0 Å². The number of benzene rings is 1. The summed E-state index contributed by atoms with van der Waals surface area (Å²) in [6, 6.07) is 10.1. The number of nitrogens with two attached hydrogens (primary N) is 1. The normalized spacial score (nSPS) is 17.7. The summed E-state index contributed by atoms with van der Waals surface area (Å²) >= 11 is 3.44. The fourth-order valence-corrected chi connectivity index (χ4v) is 2.90. The van der Waals surface area contributed by atoms with Crippen molar-refractivity contribution in [2.24, 2.45) is 5.73 Å². The van der Waals surface area contributed by atoms with Gasteiger partial charge in [-0.2, -0.15) is 0 Å². The summed E-state index contributed by atoms with van der Waals surface area (Å²) in [5, 5.41) is 3.05. The first-order valence-electron chi connectivity index (χ1n) is 7.24. The molecule has 1 atom stereocenters. The average molecular weight is 364 g/mol. The first-order valence-corrected chi connectivity index (χ1v) is 8.04.